The van der Waals surface area contributed by atoms with Gasteiger partial charge in [0, 0.05) is 31.0 Å². The van der Waals surface area contributed by atoms with Crippen LogP contribution in [0.5, 0.6) is 0 Å². The highest BCUT2D eigenvalue weighted by Gasteiger charge is 2.07. The van der Waals surface area contributed by atoms with E-state index < -0.39 is 0 Å². The van der Waals surface area contributed by atoms with Crippen LogP contribution in [0.3, 0.4) is 0 Å². The smallest absolute Gasteiger partial charge is 0.269 e. The lowest BCUT2D eigenvalue weighted by molar-refractivity contribution is 0.0943. The van der Waals surface area contributed by atoms with E-state index in [9.17, 15) is 4.79 Å². The van der Waals surface area contributed by atoms with E-state index in [0.29, 0.717) is 23.9 Å². The monoisotopic (exact) mass is 333 g/mol. The van der Waals surface area contributed by atoms with E-state index in [0.717, 1.165) is 23.4 Å². The molecule has 0 aliphatic carbocycles. The first-order valence-electron chi connectivity index (χ1n) is 7.36. The normalized spacial score (nSPS) is 10.4. The number of pyridine rings is 1. The van der Waals surface area contributed by atoms with Gasteiger partial charge in [-0.05, 0) is 49.2 Å². The topological polar surface area (TPSA) is 63.2 Å². The van der Waals surface area contributed by atoms with Gasteiger partial charge in [0.15, 0.2) is 0 Å². The quantitative estimate of drug-likeness (QED) is 0.760. The molecule has 0 saturated heterocycles. The van der Waals surface area contributed by atoms with Crippen molar-refractivity contribution in [2.75, 3.05) is 25.6 Å². The number of hydrogen-bond donors (Lipinski definition) is 2. The van der Waals surface area contributed by atoms with Crippen molar-refractivity contribution >= 4 is 28.9 Å². The van der Waals surface area contributed by atoms with E-state index in [1.54, 1.807) is 19.4 Å². The second-order valence-electron chi connectivity index (χ2n) is 5.12. The molecule has 0 fully saturated rings. The second-order valence-corrected chi connectivity index (χ2v) is 5.56. The van der Waals surface area contributed by atoms with Crippen LogP contribution in [0.1, 0.15) is 22.5 Å². The van der Waals surface area contributed by atoms with Gasteiger partial charge >= 0.3 is 0 Å². The van der Waals surface area contributed by atoms with Crippen molar-refractivity contribution in [3.63, 3.8) is 0 Å². The van der Waals surface area contributed by atoms with Crippen LogP contribution < -0.4 is 10.6 Å². The van der Waals surface area contributed by atoms with Gasteiger partial charge in [-0.2, -0.15) is 0 Å². The summed E-state index contributed by atoms with van der Waals surface area (Å²) in [5, 5.41) is 6.76. The fraction of sp³-hybridized carbons (Fsp3) is 0.294. The lowest BCUT2D eigenvalue weighted by atomic mass is 10.2. The number of aryl methyl sites for hydroxylation is 1. The predicted octanol–water partition coefficient (Wildman–Crippen LogP) is 3.55. The van der Waals surface area contributed by atoms with Crippen LogP contribution in [-0.2, 0) is 4.74 Å². The third-order valence-corrected chi connectivity index (χ3v) is 3.51. The number of nitrogens with one attached hydrogen (secondary N) is 2. The molecular weight excluding hydrogens is 314 g/mol. The molecule has 2 N–H and O–H groups in total. The van der Waals surface area contributed by atoms with Crippen LogP contribution in [0.15, 0.2) is 36.5 Å². The maximum atomic E-state index is 11.9. The lowest BCUT2D eigenvalue weighted by Crippen LogP contribution is -2.26. The zero-order chi connectivity index (χ0) is 16.7. The summed E-state index contributed by atoms with van der Waals surface area (Å²) in [5.41, 5.74) is 3.19. The SMILES string of the molecule is COCCCNC(=O)c1ccc(Nc2ccc(Cl)cc2C)cn1. The van der Waals surface area contributed by atoms with Gasteiger partial charge in [0.1, 0.15) is 5.69 Å². The Morgan fingerprint density at radius 1 is 1.30 bits per heavy atom. The van der Waals surface area contributed by atoms with Gasteiger partial charge in [0.2, 0.25) is 0 Å². The Morgan fingerprint density at radius 3 is 2.78 bits per heavy atom. The Hall–Kier alpha value is -2.11. The van der Waals surface area contributed by atoms with Crippen molar-refractivity contribution in [1.29, 1.82) is 0 Å². The molecular formula is C17H20ClN3O2. The summed E-state index contributed by atoms with van der Waals surface area (Å²) in [6.45, 7) is 3.17. The van der Waals surface area contributed by atoms with Crippen molar-refractivity contribution in [2.45, 2.75) is 13.3 Å². The molecule has 1 amide bonds. The van der Waals surface area contributed by atoms with Crippen molar-refractivity contribution in [2.24, 2.45) is 0 Å². The van der Waals surface area contributed by atoms with Crippen LogP contribution in [-0.4, -0.2) is 31.2 Å². The maximum absolute atomic E-state index is 11.9. The zero-order valence-corrected chi connectivity index (χ0v) is 14.0. The number of rotatable bonds is 7. The Bertz CT molecular complexity index is 659. The van der Waals surface area contributed by atoms with Crippen LogP contribution >= 0.6 is 11.6 Å². The number of aromatic nitrogens is 1. The lowest BCUT2D eigenvalue weighted by Gasteiger charge is -2.10. The number of carbonyl (C=O) groups excluding carboxylic acids is 1. The van der Waals surface area contributed by atoms with Crippen molar-refractivity contribution < 1.29 is 9.53 Å². The van der Waals surface area contributed by atoms with Gasteiger partial charge < -0.3 is 15.4 Å². The molecule has 1 heterocycles. The van der Waals surface area contributed by atoms with E-state index in [2.05, 4.69) is 15.6 Å². The molecule has 0 aliphatic heterocycles. The number of benzene rings is 1. The van der Waals surface area contributed by atoms with E-state index in [4.69, 9.17) is 16.3 Å². The summed E-state index contributed by atoms with van der Waals surface area (Å²) in [6, 6.07) is 9.14. The van der Waals surface area contributed by atoms with Crippen LogP contribution in [0.2, 0.25) is 5.02 Å². The minimum Gasteiger partial charge on any atom is -0.385 e. The number of hydrogen-bond acceptors (Lipinski definition) is 4. The number of methoxy groups -OCH3 is 1. The maximum Gasteiger partial charge on any atom is 0.269 e. The first-order valence-corrected chi connectivity index (χ1v) is 7.74. The van der Waals surface area contributed by atoms with E-state index in [1.165, 1.54) is 0 Å². The average Bonchev–Trinajstić information content (AvgIpc) is 2.55. The zero-order valence-electron chi connectivity index (χ0n) is 13.2. The summed E-state index contributed by atoms with van der Waals surface area (Å²) in [5.74, 6) is -0.185. The molecule has 1 aromatic heterocycles. The number of amides is 1. The largest absolute Gasteiger partial charge is 0.385 e. The van der Waals surface area contributed by atoms with Crippen molar-refractivity contribution in [3.05, 3.63) is 52.8 Å². The summed E-state index contributed by atoms with van der Waals surface area (Å²) >= 11 is 5.94. The molecule has 0 bridgehead atoms. The molecule has 0 saturated carbocycles. The number of ether oxygens (including phenoxy) is 1. The molecule has 122 valence electrons. The van der Waals surface area contributed by atoms with Crippen LogP contribution in [0.25, 0.3) is 0 Å². The van der Waals surface area contributed by atoms with Crippen LogP contribution in [0.4, 0.5) is 11.4 Å². The molecule has 5 nitrogen and oxygen atoms in total. The Balaban J connectivity index is 1.95. The summed E-state index contributed by atoms with van der Waals surface area (Å²) in [7, 11) is 1.64. The standard InChI is InChI=1S/C17H20ClN3O2/c1-12-10-13(18)4-6-15(12)21-14-5-7-16(20-11-14)17(22)19-8-3-9-23-2/h4-7,10-11,21H,3,8-9H2,1-2H3,(H,19,22). The fourth-order valence-corrected chi connectivity index (χ4v) is 2.26. The summed E-state index contributed by atoms with van der Waals surface area (Å²) in [4.78, 5) is 16.1. The number of halogens is 1. The number of nitrogens with zero attached hydrogens (tertiary/aromatic N) is 1. The van der Waals surface area contributed by atoms with Gasteiger partial charge in [0.25, 0.3) is 5.91 Å². The van der Waals surface area contributed by atoms with Gasteiger partial charge in [-0.25, -0.2) is 4.98 Å². The van der Waals surface area contributed by atoms with Crippen molar-refractivity contribution in [3.8, 4) is 0 Å². The molecule has 2 aromatic rings. The average molecular weight is 334 g/mol. The Morgan fingerprint density at radius 2 is 2.13 bits per heavy atom. The number of anilines is 2. The molecule has 6 heteroatoms. The minimum atomic E-state index is -0.185. The summed E-state index contributed by atoms with van der Waals surface area (Å²) < 4.78 is 4.94. The van der Waals surface area contributed by atoms with Gasteiger partial charge in [-0.3, -0.25) is 4.79 Å². The first-order chi connectivity index (χ1) is 11.1. The third-order valence-electron chi connectivity index (χ3n) is 3.27. The molecule has 0 spiro atoms. The van der Waals surface area contributed by atoms with E-state index in [-0.39, 0.29) is 5.91 Å². The predicted molar refractivity (Wildman–Crippen MR) is 92.5 cm³/mol. The highest BCUT2D eigenvalue weighted by molar-refractivity contribution is 6.30. The first kappa shape index (κ1) is 17.2. The highest BCUT2D eigenvalue weighted by atomic mass is 35.5. The molecule has 0 atom stereocenters. The van der Waals surface area contributed by atoms with Gasteiger partial charge in [-0.1, -0.05) is 11.6 Å². The molecule has 0 radical (unpaired) electrons. The Labute approximate surface area is 141 Å². The molecule has 0 aliphatic rings. The minimum absolute atomic E-state index is 0.185. The second kappa shape index (κ2) is 8.50. The van der Waals surface area contributed by atoms with E-state index >= 15 is 0 Å². The molecule has 1 aromatic carbocycles. The fourth-order valence-electron chi connectivity index (χ4n) is 2.03. The number of carbonyl (C=O) groups is 1. The van der Waals surface area contributed by atoms with Gasteiger partial charge in [-0.15, -0.1) is 0 Å². The third kappa shape index (κ3) is 5.23. The Kier molecular flexibility index (Phi) is 6.38. The molecule has 2 rings (SSSR count). The van der Waals surface area contributed by atoms with E-state index in [1.807, 2.05) is 31.2 Å². The van der Waals surface area contributed by atoms with Crippen LogP contribution in [0, 0.1) is 6.92 Å². The molecule has 0 unspecified atom stereocenters. The summed E-state index contributed by atoms with van der Waals surface area (Å²) in [6.07, 6.45) is 2.41. The van der Waals surface area contributed by atoms with Crippen molar-refractivity contribution in [1.82, 2.24) is 10.3 Å². The molecule has 23 heavy (non-hydrogen) atoms. The van der Waals surface area contributed by atoms with Gasteiger partial charge in [0.05, 0.1) is 11.9 Å². The highest BCUT2D eigenvalue weighted by Crippen LogP contribution is 2.23.